The molecule has 1 fully saturated rings. The number of nitrogens with zero attached hydrogens (tertiary/aromatic N) is 2. The highest BCUT2D eigenvalue weighted by Crippen LogP contribution is 2.39. The summed E-state index contributed by atoms with van der Waals surface area (Å²) in [5.41, 5.74) is 2.64. The minimum absolute atomic E-state index is 0.305. The summed E-state index contributed by atoms with van der Waals surface area (Å²) in [6.45, 7) is 2.80. The van der Waals surface area contributed by atoms with E-state index in [1.165, 1.54) is 11.3 Å². The molecule has 0 unspecified atom stereocenters. The second-order valence-corrected chi connectivity index (χ2v) is 8.09. The summed E-state index contributed by atoms with van der Waals surface area (Å²) in [6.07, 6.45) is 0. The first-order chi connectivity index (χ1) is 15.1. The van der Waals surface area contributed by atoms with Crippen LogP contribution in [0.15, 0.2) is 41.8 Å². The first kappa shape index (κ1) is 21.4. The molecular weight excluding hydrogens is 438 g/mol. The van der Waals surface area contributed by atoms with E-state index in [9.17, 15) is 4.79 Å². The Kier molecular flexibility index (Phi) is 6.60. The number of hydrogen-bond donors (Lipinski definition) is 1. The van der Waals surface area contributed by atoms with E-state index in [1.807, 2.05) is 30.3 Å². The first-order valence-electron chi connectivity index (χ1n) is 9.71. The molecule has 0 bridgehead atoms. The van der Waals surface area contributed by atoms with Gasteiger partial charge >= 0.3 is 0 Å². The van der Waals surface area contributed by atoms with Crippen molar-refractivity contribution in [3.63, 3.8) is 0 Å². The molecule has 1 aliphatic rings. The van der Waals surface area contributed by atoms with Crippen LogP contribution in [0.25, 0.3) is 10.6 Å². The van der Waals surface area contributed by atoms with Gasteiger partial charge in [0, 0.05) is 23.5 Å². The lowest BCUT2D eigenvalue weighted by Gasteiger charge is -2.30. The van der Waals surface area contributed by atoms with Crippen LogP contribution in [0.3, 0.4) is 0 Å². The fourth-order valence-corrected chi connectivity index (χ4v) is 4.43. The van der Waals surface area contributed by atoms with Gasteiger partial charge in [0.05, 0.1) is 44.4 Å². The van der Waals surface area contributed by atoms with Gasteiger partial charge in [-0.1, -0.05) is 17.7 Å². The van der Waals surface area contributed by atoms with Gasteiger partial charge in [0.25, 0.3) is 5.91 Å². The molecule has 0 aliphatic carbocycles. The third-order valence-corrected chi connectivity index (χ3v) is 6.04. The molecule has 2 heterocycles. The highest BCUT2D eigenvalue weighted by molar-refractivity contribution is 7.13. The van der Waals surface area contributed by atoms with Crippen molar-refractivity contribution in [3.8, 4) is 22.1 Å². The lowest BCUT2D eigenvalue weighted by Crippen LogP contribution is -2.36. The molecule has 3 aromatic rings. The topological polar surface area (TPSA) is 72.9 Å². The molecule has 1 amide bonds. The molecule has 0 atom stereocenters. The summed E-state index contributed by atoms with van der Waals surface area (Å²) >= 11 is 7.56. The van der Waals surface area contributed by atoms with Gasteiger partial charge in [-0.25, -0.2) is 4.98 Å². The summed E-state index contributed by atoms with van der Waals surface area (Å²) in [7, 11) is 3.16. The van der Waals surface area contributed by atoms with E-state index in [1.54, 1.807) is 25.7 Å². The predicted octanol–water partition coefficient (Wildman–Crippen LogP) is 4.57. The molecule has 162 valence electrons. The van der Waals surface area contributed by atoms with Gasteiger partial charge in [0.15, 0.2) is 11.5 Å². The lowest BCUT2D eigenvalue weighted by atomic mass is 10.2. The Hall–Kier alpha value is -2.81. The average molecular weight is 460 g/mol. The Morgan fingerprint density at radius 2 is 2.00 bits per heavy atom. The molecule has 7 nitrogen and oxygen atoms in total. The Morgan fingerprint density at radius 1 is 1.19 bits per heavy atom. The molecule has 0 spiro atoms. The standard InChI is InChI=1S/C22H22ClN3O4S/c1-28-19-5-3-4-15(20(19)29-2)22-25-17(13-31-22)21(27)24-16-12-14(23)6-7-18(16)26-8-10-30-11-9-26/h3-7,12-13H,8-11H2,1-2H3,(H,24,27). The third kappa shape index (κ3) is 4.61. The summed E-state index contributed by atoms with van der Waals surface area (Å²) in [5, 5.41) is 5.90. The Labute approximate surface area is 189 Å². The number of benzene rings is 2. The van der Waals surface area contributed by atoms with E-state index in [4.69, 9.17) is 25.8 Å². The quantitative estimate of drug-likeness (QED) is 0.582. The van der Waals surface area contributed by atoms with Crippen LogP contribution >= 0.6 is 22.9 Å². The minimum atomic E-state index is -0.305. The van der Waals surface area contributed by atoms with Crippen LogP contribution in [0.2, 0.25) is 5.02 Å². The number of ether oxygens (including phenoxy) is 3. The average Bonchev–Trinajstić information content (AvgIpc) is 3.29. The van der Waals surface area contributed by atoms with E-state index in [2.05, 4.69) is 15.2 Å². The Balaban J connectivity index is 1.59. The molecule has 1 saturated heterocycles. The molecule has 4 rings (SSSR count). The SMILES string of the molecule is COc1cccc(-c2nc(C(=O)Nc3cc(Cl)ccc3N3CCOCC3)cs2)c1OC. The molecule has 1 aliphatic heterocycles. The number of methoxy groups -OCH3 is 2. The smallest absolute Gasteiger partial charge is 0.275 e. The number of carbonyl (C=O) groups is 1. The van der Waals surface area contributed by atoms with Crippen LogP contribution < -0.4 is 19.7 Å². The molecule has 1 aromatic heterocycles. The van der Waals surface area contributed by atoms with Gasteiger partial charge in [-0.3, -0.25) is 4.79 Å². The van der Waals surface area contributed by atoms with Crippen molar-refractivity contribution in [1.82, 2.24) is 4.98 Å². The molecular formula is C22H22ClN3O4S. The number of hydrogen-bond acceptors (Lipinski definition) is 7. The monoisotopic (exact) mass is 459 g/mol. The van der Waals surface area contributed by atoms with Crippen molar-refractivity contribution >= 4 is 40.2 Å². The van der Waals surface area contributed by atoms with E-state index in [-0.39, 0.29) is 5.91 Å². The van der Waals surface area contributed by atoms with Gasteiger partial charge in [-0.15, -0.1) is 11.3 Å². The van der Waals surface area contributed by atoms with Crippen molar-refractivity contribution in [2.45, 2.75) is 0 Å². The van der Waals surface area contributed by atoms with Gasteiger partial charge in [-0.2, -0.15) is 0 Å². The zero-order valence-electron chi connectivity index (χ0n) is 17.2. The van der Waals surface area contributed by atoms with Crippen molar-refractivity contribution < 1.29 is 19.0 Å². The maximum atomic E-state index is 13.0. The number of anilines is 2. The molecule has 9 heteroatoms. The second-order valence-electron chi connectivity index (χ2n) is 6.79. The largest absolute Gasteiger partial charge is 0.493 e. The van der Waals surface area contributed by atoms with Gasteiger partial charge in [-0.05, 0) is 30.3 Å². The van der Waals surface area contributed by atoms with Crippen LogP contribution in [-0.2, 0) is 4.74 Å². The van der Waals surface area contributed by atoms with Crippen LogP contribution in [-0.4, -0.2) is 51.4 Å². The number of halogens is 1. The Morgan fingerprint density at radius 3 is 2.74 bits per heavy atom. The molecule has 0 saturated carbocycles. The third-order valence-electron chi connectivity index (χ3n) is 4.93. The number of rotatable bonds is 6. The predicted molar refractivity (Wildman–Crippen MR) is 123 cm³/mol. The number of morpholine rings is 1. The summed E-state index contributed by atoms with van der Waals surface area (Å²) in [6, 6.07) is 11.0. The van der Waals surface area contributed by atoms with Crippen LogP contribution in [0.4, 0.5) is 11.4 Å². The van der Waals surface area contributed by atoms with E-state index >= 15 is 0 Å². The van der Waals surface area contributed by atoms with Crippen LogP contribution in [0.5, 0.6) is 11.5 Å². The van der Waals surface area contributed by atoms with Gasteiger partial charge in [0.2, 0.25) is 0 Å². The van der Waals surface area contributed by atoms with E-state index < -0.39 is 0 Å². The molecule has 1 N–H and O–H groups in total. The maximum Gasteiger partial charge on any atom is 0.275 e. The van der Waals surface area contributed by atoms with E-state index in [0.717, 1.165) is 24.3 Å². The number of carbonyl (C=O) groups excluding carboxylic acids is 1. The van der Waals surface area contributed by atoms with Crippen molar-refractivity contribution in [1.29, 1.82) is 0 Å². The zero-order chi connectivity index (χ0) is 21.8. The number of thiazole rings is 1. The molecule has 0 radical (unpaired) electrons. The van der Waals surface area contributed by atoms with Crippen molar-refractivity contribution in [2.24, 2.45) is 0 Å². The summed E-state index contributed by atoms with van der Waals surface area (Å²) in [4.78, 5) is 19.7. The fourth-order valence-electron chi connectivity index (χ4n) is 3.43. The summed E-state index contributed by atoms with van der Waals surface area (Å²) < 4.78 is 16.3. The normalized spacial score (nSPS) is 13.7. The number of para-hydroxylation sites is 1. The Bertz CT molecular complexity index is 1080. The van der Waals surface area contributed by atoms with Gasteiger partial charge in [0.1, 0.15) is 10.7 Å². The van der Waals surface area contributed by atoms with Crippen molar-refractivity contribution in [2.75, 3.05) is 50.7 Å². The maximum absolute atomic E-state index is 13.0. The highest BCUT2D eigenvalue weighted by atomic mass is 35.5. The highest BCUT2D eigenvalue weighted by Gasteiger charge is 2.20. The van der Waals surface area contributed by atoms with Gasteiger partial charge < -0.3 is 24.4 Å². The number of amides is 1. The molecule has 31 heavy (non-hydrogen) atoms. The number of nitrogens with one attached hydrogen (secondary N) is 1. The summed E-state index contributed by atoms with van der Waals surface area (Å²) in [5.74, 6) is 0.882. The second kappa shape index (κ2) is 9.55. The number of aromatic nitrogens is 1. The van der Waals surface area contributed by atoms with E-state index in [0.29, 0.717) is 46.1 Å². The van der Waals surface area contributed by atoms with Crippen LogP contribution in [0, 0.1) is 0 Å². The zero-order valence-corrected chi connectivity index (χ0v) is 18.8. The lowest BCUT2D eigenvalue weighted by molar-refractivity contribution is 0.102. The first-order valence-corrected chi connectivity index (χ1v) is 11.0. The molecule has 2 aromatic carbocycles. The van der Waals surface area contributed by atoms with Crippen molar-refractivity contribution in [3.05, 3.63) is 52.5 Å². The van der Waals surface area contributed by atoms with Crippen LogP contribution in [0.1, 0.15) is 10.5 Å². The fraction of sp³-hybridized carbons (Fsp3) is 0.273. The minimum Gasteiger partial charge on any atom is -0.493 e.